The highest BCUT2D eigenvalue weighted by molar-refractivity contribution is 6.14. The fourth-order valence-corrected chi connectivity index (χ4v) is 3.38. The highest BCUT2D eigenvalue weighted by atomic mass is 35.5. The highest BCUT2D eigenvalue weighted by Gasteiger charge is 2.17. The maximum Gasteiger partial charge on any atom is 0.279 e. The van der Waals surface area contributed by atoms with Crippen molar-refractivity contribution in [3.05, 3.63) is 58.6 Å². The number of non-ortho nitro benzene ring substituents is 1. The molecule has 0 unspecified atom stereocenters. The molecule has 152 valence electrons. The molecule has 0 spiro atoms. The Morgan fingerprint density at radius 3 is 2.39 bits per heavy atom. The third kappa shape index (κ3) is 5.47. The Labute approximate surface area is 178 Å². The fraction of sp³-hybridized carbons (Fsp3) is 0.333. The molecule has 0 bridgehead atoms. The molecule has 1 N–H and O–H groups in total. The summed E-state index contributed by atoms with van der Waals surface area (Å²) in [5.74, 6) is 0. The molecule has 0 saturated heterocycles. The van der Waals surface area contributed by atoms with E-state index in [4.69, 9.17) is 0 Å². The number of nitrogens with zero attached hydrogens (tertiary/aromatic N) is 2. The highest BCUT2D eigenvalue weighted by Crippen LogP contribution is 2.38. The van der Waals surface area contributed by atoms with Gasteiger partial charge in [-0.25, -0.2) is 0 Å². The minimum atomic E-state index is -0.292. The van der Waals surface area contributed by atoms with Crippen LogP contribution in [-0.4, -0.2) is 37.0 Å². The van der Waals surface area contributed by atoms with Crippen molar-refractivity contribution in [3.8, 4) is 0 Å². The van der Waals surface area contributed by atoms with Gasteiger partial charge < -0.3 is 10.2 Å². The van der Waals surface area contributed by atoms with E-state index in [2.05, 4.69) is 30.4 Å². The molecule has 3 rings (SSSR count). The molecule has 3 aromatic carbocycles. The molecule has 7 heteroatoms. The molecular weight excluding hydrogens is 397 g/mol. The average molecular weight is 424 g/mol. The van der Waals surface area contributed by atoms with E-state index >= 15 is 0 Å². The van der Waals surface area contributed by atoms with Gasteiger partial charge in [0.1, 0.15) is 0 Å². The molecule has 3 aromatic rings. The summed E-state index contributed by atoms with van der Waals surface area (Å²) in [5, 5.41) is 18.8. The summed E-state index contributed by atoms with van der Waals surface area (Å²) in [6, 6.07) is 15.4. The third-order valence-corrected chi connectivity index (χ3v) is 4.65. The molecule has 0 amide bonds. The maximum atomic E-state index is 11.6. The van der Waals surface area contributed by atoms with Gasteiger partial charge in [-0.05, 0) is 50.3 Å². The lowest BCUT2D eigenvalue weighted by atomic mass is 9.99. The minimum Gasteiger partial charge on any atom is -0.384 e. The number of anilines is 1. The Morgan fingerprint density at radius 2 is 1.68 bits per heavy atom. The molecule has 0 radical (unpaired) electrons. The van der Waals surface area contributed by atoms with Crippen LogP contribution in [0.4, 0.5) is 11.4 Å². The first-order chi connectivity index (χ1) is 12.6. The monoisotopic (exact) mass is 423 g/mol. The van der Waals surface area contributed by atoms with E-state index in [1.165, 1.54) is 0 Å². The average Bonchev–Trinajstić information content (AvgIpc) is 2.62. The molecule has 0 aliphatic carbocycles. The lowest BCUT2D eigenvalue weighted by Crippen LogP contribution is -2.13. The van der Waals surface area contributed by atoms with Gasteiger partial charge in [-0.3, -0.25) is 10.1 Å². The number of fused-ring (bicyclic) bond motifs is 2. The van der Waals surface area contributed by atoms with Gasteiger partial charge in [-0.15, -0.1) is 24.8 Å². The van der Waals surface area contributed by atoms with Crippen molar-refractivity contribution in [2.45, 2.75) is 19.3 Å². The standard InChI is InChI=1S/C21H25N3O2.2ClH/c1-23(2)14-7-3-6-13-22-21-18-11-5-4-9-16(18)15-17-10-8-12-19(20(17)21)24(25)26;;/h4-5,8-12,15,22H,3,6-7,13-14H2,1-2H3;2*1H. The van der Waals surface area contributed by atoms with E-state index in [9.17, 15) is 10.1 Å². The van der Waals surface area contributed by atoms with Crippen molar-refractivity contribution < 1.29 is 4.92 Å². The Morgan fingerprint density at radius 1 is 0.964 bits per heavy atom. The van der Waals surface area contributed by atoms with E-state index in [1.807, 2.05) is 30.3 Å². The van der Waals surface area contributed by atoms with Crippen molar-refractivity contribution in [1.29, 1.82) is 0 Å². The molecule has 0 saturated carbocycles. The molecule has 28 heavy (non-hydrogen) atoms. The van der Waals surface area contributed by atoms with E-state index in [0.29, 0.717) is 5.39 Å². The van der Waals surface area contributed by atoms with Crippen molar-refractivity contribution in [2.75, 3.05) is 32.5 Å². The zero-order chi connectivity index (χ0) is 18.5. The largest absolute Gasteiger partial charge is 0.384 e. The van der Waals surface area contributed by atoms with E-state index in [0.717, 1.165) is 54.2 Å². The summed E-state index contributed by atoms with van der Waals surface area (Å²) < 4.78 is 0. The van der Waals surface area contributed by atoms with Crippen molar-refractivity contribution in [3.63, 3.8) is 0 Å². The lowest BCUT2D eigenvalue weighted by molar-refractivity contribution is -0.383. The summed E-state index contributed by atoms with van der Waals surface area (Å²) >= 11 is 0. The second-order valence-corrected chi connectivity index (χ2v) is 6.90. The molecule has 0 fully saturated rings. The normalized spacial score (nSPS) is 10.5. The van der Waals surface area contributed by atoms with Crippen molar-refractivity contribution in [2.24, 2.45) is 0 Å². The number of hydrogen-bond donors (Lipinski definition) is 1. The molecular formula is C21H27Cl2N3O2. The number of nitro benzene ring substituents is 1. The van der Waals surface area contributed by atoms with Crippen molar-refractivity contribution >= 4 is 57.7 Å². The number of unbranched alkanes of at least 4 members (excludes halogenated alkanes) is 2. The van der Waals surface area contributed by atoms with E-state index < -0.39 is 0 Å². The quantitative estimate of drug-likeness (QED) is 0.212. The van der Waals surface area contributed by atoms with Gasteiger partial charge in [0.2, 0.25) is 0 Å². The van der Waals surface area contributed by atoms with Gasteiger partial charge in [-0.2, -0.15) is 0 Å². The number of rotatable bonds is 8. The minimum absolute atomic E-state index is 0. The van der Waals surface area contributed by atoms with Crippen LogP contribution in [0.5, 0.6) is 0 Å². The van der Waals surface area contributed by atoms with Crippen molar-refractivity contribution in [1.82, 2.24) is 4.90 Å². The second kappa shape index (κ2) is 11.1. The summed E-state index contributed by atoms with van der Waals surface area (Å²) in [7, 11) is 4.17. The van der Waals surface area contributed by atoms with Gasteiger partial charge in [0.25, 0.3) is 5.69 Å². The van der Waals surface area contributed by atoms with Crippen LogP contribution >= 0.6 is 24.8 Å². The molecule has 5 nitrogen and oxygen atoms in total. The summed E-state index contributed by atoms with van der Waals surface area (Å²) in [4.78, 5) is 13.5. The molecule has 0 atom stereocenters. The van der Waals surface area contributed by atoms with Gasteiger partial charge in [0, 0.05) is 18.0 Å². The van der Waals surface area contributed by atoms with Crippen LogP contribution in [-0.2, 0) is 0 Å². The first-order valence-electron chi connectivity index (χ1n) is 9.05. The number of halogens is 2. The van der Waals surface area contributed by atoms with Crippen LogP contribution < -0.4 is 5.32 Å². The van der Waals surface area contributed by atoms with Crippen LogP contribution in [0.3, 0.4) is 0 Å². The van der Waals surface area contributed by atoms with E-state index in [1.54, 1.807) is 12.1 Å². The first-order valence-corrected chi connectivity index (χ1v) is 9.05. The number of nitro groups is 1. The van der Waals surface area contributed by atoms with Crippen LogP contribution in [0.1, 0.15) is 19.3 Å². The Hall–Kier alpha value is -2.08. The van der Waals surface area contributed by atoms with Gasteiger partial charge >= 0.3 is 0 Å². The predicted molar refractivity (Wildman–Crippen MR) is 123 cm³/mol. The summed E-state index contributed by atoms with van der Waals surface area (Å²) in [6.45, 7) is 1.89. The maximum absolute atomic E-state index is 11.6. The van der Waals surface area contributed by atoms with Crippen LogP contribution in [0.2, 0.25) is 0 Å². The summed E-state index contributed by atoms with van der Waals surface area (Å²) in [6.07, 6.45) is 3.33. The van der Waals surface area contributed by atoms with Crippen LogP contribution in [0.15, 0.2) is 48.5 Å². The van der Waals surface area contributed by atoms with Gasteiger partial charge in [0.15, 0.2) is 0 Å². The van der Waals surface area contributed by atoms with Gasteiger partial charge in [-0.1, -0.05) is 42.8 Å². The molecule has 0 aliphatic rings. The number of benzene rings is 3. The molecule has 0 heterocycles. The van der Waals surface area contributed by atoms with Crippen LogP contribution in [0, 0.1) is 10.1 Å². The van der Waals surface area contributed by atoms with Gasteiger partial charge in [0.05, 0.1) is 16.0 Å². The fourth-order valence-electron chi connectivity index (χ4n) is 3.38. The number of hydrogen-bond acceptors (Lipinski definition) is 4. The third-order valence-electron chi connectivity index (χ3n) is 4.65. The zero-order valence-electron chi connectivity index (χ0n) is 16.2. The van der Waals surface area contributed by atoms with E-state index in [-0.39, 0.29) is 35.4 Å². The predicted octanol–water partition coefficient (Wildman–Crippen LogP) is 5.89. The van der Waals surface area contributed by atoms with Crippen LogP contribution in [0.25, 0.3) is 21.5 Å². The second-order valence-electron chi connectivity index (χ2n) is 6.90. The Bertz CT molecular complexity index is 932. The number of nitrogens with one attached hydrogen (secondary N) is 1. The first kappa shape index (κ1) is 24.0. The lowest BCUT2D eigenvalue weighted by Gasteiger charge is -2.14. The Balaban J connectivity index is 0.00000196. The Kier molecular flexibility index (Phi) is 9.46. The zero-order valence-corrected chi connectivity index (χ0v) is 17.8. The molecule has 0 aliphatic heterocycles. The smallest absolute Gasteiger partial charge is 0.279 e. The molecule has 0 aromatic heterocycles. The SMILES string of the molecule is CN(C)CCCCCNc1c2ccccc2cc2cccc([N+](=O)[O-])c12.Cl.Cl. The summed E-state index contributed by atoms with van der Waals surface area (Å²) in [5.41, 5.74) is 1.03. The topological polar surface area (TPSA) is 58.4 Å².